The highest BCUT2D eigenvalue weighted by Crippen LogP contribution is 2.18. The number of nitrogens with one attached hydrogen (secondary N) is 1. The average molecular weight is 400 g/mol. The van der Waals surface area contributed by atoms with Crippen LogP contribution in [0, 0.1) is 3.57 Å². The SMILES string of the molecule is CB(O)C1CCCN1C(=O)CNC(=O)c1ccccc1I. The summed E-state index contributed by atoms with van der Waals surface area (Å²) in [7, 11) is 0. The molecule has 1 atom stereocenters. The summed E-state index contributed by atoms with van der Waals surface area (Å²) < 4.78 is 0.850. The molecule has 0 saturated carbocycles. The highest BCUT2D eigenvalue weighted by atomic mass is 127. The van der Waals surface area contributed by atoms with Gasteiger partial charge in [0.1, 0.15) is 0 Å². The quantitative estimate of drug-likeness (QED) is 0.589. The van der Waals surface area contributed by atoms with E-state index in [0.29, 0.717) is 12.1 Å². The number of likely N-dealkylation sites (tertiary alicyclic amines) is 1. The van der Waals surface area contributed by atoms with Gasteiger partial charge in [-0.15, -0.1) is 0 Å². The molecule has 0 radical (unpaired) electrons. The Morgan fingerprint density at radius 1 is 1.48 bits per heavy atom. The van der Waals surface area contributed by atoms with Crippen LogP contribution >= 0.6 is 22.6 Å². The topological polar surface area (TPSA) is 69.6 Å². The van der Waals surface area contributed by atoms with Crippen molar-refractivity contribution < 1.29 is 14.6 Å². The monoisotopic (exact) mass is 400 g/mol. The number of nitrogens with zero attached hydrogens (tertiary/aromatic N) is 1. The summed E-state index contributed by atoms with van der Waals surface area (Å²) in [5, 5.41) is 12.3. The molecule has 2 rings (SSSR count). The van der Waals surface area contributed by atoms with Crippen LogP contribution in [0.3, 0.4) is 0 Å². The molecule has 112 valence electrons. The largest absolute Gasteiger partial charge is 0.449 e. The minimum absolute atomic E-state index is 0.0347. The number of amides is 2. The Balaban J connectivity index is 1.92. The first-order chi connectivity index (χ1) is 10.0. The number of rotatable bonds is 4. The van der Waals surface area contributed by atoms with Crippen LogP contribution in [0.2, 0.25) is 6.82 Å². The van der Waals surface area contributed by atoms with Crippen molar-refractivity contribution in [3.8, 4) is 0 Å². The lowest BCUT2D eigenvalue weighted by atomic mass is 9.62. The van der Waals surface area contributed by atoms with Gasteiger partial charge in [-0.2, -0.15) is 0 Å². The van der Waals surface area contributed by atoms with Crippen LogP contribution in [0.15, 0.2) is 24.3 Å². The summed E-state index contributed by atoms with van der Waals surface area (Å²) >= 11 is 2.09. The van der Waals surface area contributed by atoms with Crippen LogP contribution in [0.5, 0.6) is 0 Å². The van der Waals surface area contributed by atoms with Gasteiger partial charge >= 0.3 is 6.92 Å². The first-order valence-corrected chi connectivity index (χ1v) is 8.09. The van der Waals surface area contributed by atoms with Crippen molar-refractivity contribution in [2.24, 2.45) is 0 Å². The van der Waals surface area contributed by atoms with Crippen LogP contribution in [0.1, 0.15) is 23.2 Å². The van der Waals surface area contributed by atoms with E-state index in [9.17, 15) is 14.6 Å². The van der Waals surface area contributed by atoms with Gasteiger partial charge in [0.2, 0.25) is 5.91 Å². The van der Waals surface area contributed by atoms with Gasteiger partial charge in [-0.25, -0.2) is 0 Å². The number of hydrogen-bond acceptors (Lipinski definition) is 3. The molecule has 1 unspecified atom stereocenters. The molecule has 1 fully saturated rings. The van der Waals surface area contributed by atoms with Crippen LogP contribution in [0.4, 0.5) is 0 Å². The fourth-order valence-corrected chi connectivity index (χ4v) is 3.23. The molecule has 1 aliphatic rings. The number of carbonyl (C=O) groups is 2. The van der Waals surface area contributed by atoms with E-state index in [1.807, 2.05) is 12.1 Å². The van der Waals surface area contributed by atoms with Crippen LogP contribution < -0.4 is 5.32 Å². The molecular weight excluding hydrogens is 382 g/mol. The zero-order valence-electron chi connectivity index (χ0n) is 11.9. The smallest absolute Gasteiger partial charge is 0.309 e. The molecule has 0 bridgehead atoms. The lowest BCUT2D eigenvalue weighted by Gasteiger charge is -2.25. The highest BCUT2D eigenvalue weighted by molar-refractivity contribution is 14.1. The fraction of sp³-hybridized carbons (Fsp3) is 0.429. The Hall–Kier alpha value is -1.09. The molecule has 0 aliphatic carbocycles. The summed E-state index contributed by atoms with van der Waals surface area (Å²) in [4.78, 5) is 25.9. The predicted molar refractivity (Wildman–Crippen MR) is 90.1 cm³/mol. The second kappa shape index (κ2) is 7.26. The highest BCUT2D eigenvalue weighted by Gasteiger charge is 2.33. The minimum atomic E-state index is -0.540. The number of hydrogen-bond donors (Lipinski definition) is 2. The van der Waals surface area contributed by atoms with Gasteiger partial charge in [0.15, 0.2) is 0 Å². The maximum atomic E-state index is 12.2. The van der Waals surface area contributed by atoms with Gasteiger partial charge in [-0.3, -0.25) is 9.59 Å². The zero-order chi connectivity index (χ0) is 15.4. The Bertz CT molecular complexity index is 539. The van der Waals surface area contributed by atoms with Crippen molar-refractivity contribution in [2.45, 2.75) is 25.6 Å². The van der Waals surface area contributed by atoms with Gasteiger partial charge in [0.25, 0.3) is 5.91 Å². The summed E-state index contributed by atoms with van der Waals surface area (Å²) in [6.45, 7) is 1.77. The zero-order valence-corrected chi connectivity index (χ0v) is 14.0. The van der Waals surface area contributed by atoms with E-state index >= 15 is 0 Å². The third-order valence-electron chi connectivity index (χ3n) is 3.70. The van der Waals surface area contributed by atoms with Crippen molar-refractivity contribution >= 4 is 41.3 Å². The third-order valence-corrected chi connectivity index (χ3v) is 4.64. The van der Waals surface area contributed by atoms with E-state index in [0.717, 1.165) is 16.4 Å². The summed E-state index contributed by atoms with van der Waals surface area (Å²) in [5.41, 5.74) is 0.569. The molecule has 5 nitrogen and oxygen atoms in total. The Morgan fingerprint density at radius 2 is 2.19 bits per heavy atom. The maximum absolute atomic E-state index is 12.2. The van der Waals surface area contributed by atoms with Gasteiger partial charge in [-0.05, 0) is 47.6 Å². The molecule has 21 heavy (non-hydrogen) atoms. The van der Waals surface area contributed by atoms with Crippen molar-refractivity contribution in [3.63, 3.8) is 0 Å². The number of carbonyl (C=O) groups excluding carboxylic acids is 2. The Labute approximate surface area is 138 Å². The second-order valence-electron chi connectivity index (χ2n) is 5.20. The number of halogens is 1. The van der Waals surface area contributed by atoms with Gasteiger partial charge in [-0.1, -0.05) is 19.0 Å². The molecule has 0 aromatic heterocycles. The summed E-state index contributed by atoms with van der Waals surface area (Å²) in [6, 6.07) is 7.24. The van der Waals surface area contributed by atoms with Crippen molar-refractivity contribution in [1.82, 2.24) is 10.2 Å². The van der Waals surface area contributed by atoms with Gasteiger partial charge < -0.3 is 15.2 Å². The third kappa shape index (κ3) is 3.97. The molecule has 1 aromatic carbocycles. The fourth-order valence-electron chi connectivity index (χ4n) is 2.60. The van der Waals surface area contributed by atoms with Gasteiger partial charge in [0.05, 0.1) is 12.1 Å². The van der Waals surface area contributed by atoms with Crippen molar-refractivity contribution in [2.75, 3.05) is 13.1 Å². The second-order valence-corrected chi connectivity index (χ2v) is 6.36. The molecule has 7 heteroatoms. The molecule has 1 heterocycles. The van der Waals surface area contributed by atoms with E-state index in [4.69, 9.17) is 0 Å². The van der Waals surface area contributed by atoms with Crippen LogP contribution in [-0.4, -0.2) is 47.7 Å². The minimum Gasteiger partial charge on any atom is -0.449 e. The van der Waals surface area contributed by atoms with Crippen LogP contribution in [-0.2, 0) is 4.79 Å². The van der Waals surface area contributed by atoms with Gasteiger partial charge in [0, 0.05) is 16.1 Å². The number of benzene rings is 1. The standard InChI is InChI=1S/C14H18BIN2O3/c1-15(21)12-7-4-8-18(12)13(19)9-17-14(20)10-5-2-3-6-11(10)16/h2-3,5-6,12,21H,4,7-9H2,1H3,(H,17,20). The van der Waals surface area contributed by atoms with Crippen molar-refractivity contribution in [3.05, 3.63) is 33.4 Å². The van der Waals surface area contributed by atoms with E-state index < -0.39 is 6.92 Å². The first kappa shape index (κ1) is 16.3. The normalized spacial score (nSPS) is 17.7. The molecule has 1 aliphatic heterocycles. The van der Waals surface area contributed by atoms with E-state index in [-0.39, 0.29) is 24.3 Å². The lowest BCUT2D eigenvalue weighted by molar-refractivity contribution is -0.129. The Morgan fingerprint density at radius 3 is 2.86 bits per heavy atom. The Kier molecular flexibility index (Phi) is 5.63. The molecule has 1 saturated heterocycles. The van der Waals surface area contributed by atoms with E-state index in [1.54, 1.807) is 23.9 Å². The molecule has 2 N–H and O–H groups in total. The molecule has 0 spiro atoms. The molecule has 1 aromatic rings. The maximum Gasteiger partial charge on any atom is 0.309 e. The first-order valence-electron chi connectivity index (χ1n) is 7.01. The van der Waals surface area contributed by atoms with Crippen LogP contribution in [0.25, 0.3) is 0 Å². The average Bonchev–Trinajstić information content (AvgIpc) is 2.94. The van der Waals surface area contributed by atoms with E-state index in [1.165, 1.54) is 0 Å². The molecular formula is C14H18BIN2O3. The molecule has 2 amide bonds. The predicted octanol–water partition coefficient (Wildman–Crippen LogP) is 1.16. The summed E-state index contributed by atoms with van der Waals surface area (Å²) in [6.07, 6.45) is 1.71. The lowest BCUT2D eigenvalue weighted by Crippen LogP contribution is -2.47. The summed E-state index contributed by atoms with van der Waals surface area (Å²) in [5.74, 6) is -0.523. The van der Waals surface area contributed by atoms with Crippen molar-refractivity contribution in [1.29, 1.82) is 0 Å². The van der Waals surface area contributed by atoms with E-state index in [2.05, 4.69) is 27.9 Å².